The molecule has 0 unspecified atom stereocenters. The van der Waals surface area contributed by atoms with E-state index in [2.05, 4.69) is 43.8 Å². The first-order valence-electron chi connectivity index (χ1n) is 6.93. The van der Waals surface area contributed by atoms with Crippen LogP contribution in [0.3, 0.4) is 0 Å². The maximum atomic E-state index is 5.59. The second kappa shape index (κ2) is 7.60. The first kappa shape index (κ1) is 16.1. The Morgan fingerprint density at radius 3 is 2.58 bits per heavy atom. The minimum absolute atomic E-state index is 0.406. The van der Waals surface area contributed by atoms with Gasteiger partial charge in [-0.2, -0.15) is 5.10 Å². The minimum atomic E-state index is 0.406. The van der Waals surface area contributed by atoms with E-state index in [9.17, 15) is 0 Å². The molecule has 0 aliphatic rings. The van der Waals surface area contributed by atoms with Gasteiger partial charge in [-0.05, 0) is 25.8 Å². The van der Waals surface area contributed by atoms with Crippen molar-refractivity contribution in [3.63, 3.8) is 0 Å². The van der Waals surface area contributed by atoms with Gasteiger partial charge in [0.15, 0.2) is 0 Å². The van der Waals surface area contributed by atoms with E-state index < -0.39 is 0 Å². The van der Waals surface area contributed by atoms with Crippen LogP contribution in [0.15, 0.2) is 12.3 Å². The molecular formula is C14H26N4S. The highest BCUT2D eigenvalue weighted by molar-refractivity contribution is 7.80. The van der Waals surface area contributed by atoms with E-state index in [1.165, 1.54) is 0 Å². The molecule has 0 radical (unpaired) electrons. The van der Waals surface area contributed by atoms with Gasteiger partial charge in [-0.1, -0.05) is 26.1 Å². The lowest BCUT2D eigenvalue weighted by atomic mass is 10.2. The molecule has 0 spiro atoms. The Hall–Kier alpha value is -0.940. The molecule has 1 aromatic rings. The fraction of sp³-hybridized carbons (Fsp3) is 0.714. The van der Waals surface area contributed by atoms with Crippen molar-refractivity contribution in [2.24, 2.45) is 11.7 Å². The highest BCUT2D eigenvalue weighted by Gasteiger charge is 2.11. The van der Waals surface area contributed by atoms with Crippen LogP contribution in [-0.2, 0) is 6.54 Å². The zero-order chi connectivity index (χ0) is 14.4. The van der Waals surface area contributed by atoms with Crippen molar-refractivity contribution in [3.8, 4) is 0 Å². The maximum absolute atomic E-state index is 5.59. The van der Waals surface area contributed by atoms with Crippen LogP contribution in [0.5, 0.6) is 0 Å². The molecule has 0 fully saturated rings. The summed E-state index contributed by atoms with van der Waals surface area (Å²) in [5.74, 6) is 0.624. The number of nitrogens with two attached hydrogens (primary N) is 1. The van der Waals surface area contributed by atoms with Crippen molar-refractivity contribution in [2.75, 3.05) is 13.1 Å². The third-order valence-corrected chi connectivity index (χ3v) is 3.08. The lowest BCUT2D eigenvalue weighted by Crippen LogP contribution is -2.30. The summed E-state index contributed by atoms with van der Waals surface area (Å²) in [7, 11) is 0. The fourth-order valence-electron chi connectivity index (χ4n) is 2.00. The molecule has 0 aliphatic heterocycles. The summed E-state index contributed by atoms with van der Waals surface area (Å²) >= 11 is 4.96. The number of aromatic nitrogens is 2. The molecule has 0 aliphatic carbocycles. The van der Waals surface area contributed by atoms with Gasteiger partial charge in [0.1, 0.15) is 0 Å². The van der Waals surface area contributed by atoms with Gasteiger partial charge in [0.2, 0.25) is 0 Å². The first-order chi connectivity index (χ1) is 8.88. The summed E-state index contributed by atoms with van der Waals surface area (Å²) in [6, 6.07) is 2.50. The second-order valence-electron chi connectivity index (χ2n) is 5.73. The van der Waals surface area contributed by atoms with E-state index in [4.69, 9.17) is 18.0 Å². The molecule has 0 bridgehead atoms. The predicted molar refractivity (Wildman–Crippen MR) is 84.1 cm³/mol. The van der Waals surface area contributed by atoms with Crippen molar-refractivity contribution < 1.29 is 0 Å². The summed E-state index contributed by atoms with van der Waals surface area (Å²) < 4.78 is 2.00. The Bertz CT molecular complexity index is 398. The molecule has 108 valence electrons. The van der Waals surface area contributed by atoms with Gasteiger partial charge in [-0.3, -0.25) is 9.58 Å². The Morgan fingerprint density at radius 1 is 1.42 bits per heavy atom. The molecule has 0 aromatic carbocycles. The molecular weight excluding hydrogens is 256 g/mol. The number of rotatable bonds is 8. The van der Waals surface area contributed by atoms with Crippen LogP contribution in [0.1, 0.15) is 45.9 Å². The zero-order valence-corrected chi connectivity index (χ0v) is 13.3. The monoisotopic (exact) mass is 282 g/mol. The number of nitrogens with zero attached hydrogens (tertiary/aromatic N) is 3. The fourth-order valence-corrected chi connectivity index (χ4v) is 2.09. The average Bonchev–Trinajstić information content (AvgIpc) is 2.73. The lowest BCUT2D eigenvalue weighted by Gasteiger charge is -2.23. The number of hydrogen-bond acceptors (Lipinski definition) is 3. The van der Waals surface area contributed by atoms with Gasteiger partial charge in [0.25, 0.3) is 0 Å². The third-order valence-electron chi connectivity index (χ3n) is 2.88. The van der Waals surface area contributed by atoms with Crippen molar-refractivity contribution in [1.82, 2.24) is 14.7 Å². The molecule has 0 amide bonds. The van der Waals surface area contributed by atoms with Crippen molar-refractivity contribution in [1.29, 1.82) is 0 Å². The van der Waals surface area contributed by atoms with E-state index in [1.807, 2.05) is 10.9 Å². The molecule has 19 heavy (non-hydrogen) atoms. The second-order valence-corrected chi connectivity index (χ2v) is 6.25. The zero-order valence-electron chi connectivity index (χ0n) is 12.5. The van der Waals surface area contributed by atoms with E-state index in [1.54, 1.807) is 0 Å². The largest absolute Gasteiger partial charge is 0.393 e. The van der Waals surface area contributed by atoms with Crippen LogP contribution in [0.25, 0.3) is 0 Å². The van der Waals surface area contributed by atoms with Gasteiger partial charge in [0.05, 0.1) is 10.7 Å². The van der Waals surface area contributed by atoms with Crippen LogP contribution < -0.4 is 5.73 Å². The minimum Gasteiger partial charge on any atom is -0.393 e. The van der Waals surface area contributed by atoms with Crippen molar-refractivity contribution in [3.05, 3.63) is 18.0 Å². The highest BCUT2D eigenvalue weighted by atomic mass is 32.1. The van der Waals surface area contributed by atoms with Crippen LogP contribution in [0.2, 0.25) is 0 Å². The first-order valence-corrected chi connectivity index (χ1v) is 7.34. The molecule has 1 heterocycles. The third kappa shape index (κ3) is 6.16. The van der Waals surface area contributed by atoms with Gasteiger partial charge in [-0.15, -0.1) is 0 Å². The summed E-state index contributed by atoms with van der Waals surface area (Å²) in [6.45, 7) is 11.5. The standard InChI is InChI=1S/C14H26N4S/c1-11(2)9-17(7-6-14(15)19)10-13-5-8-18(16-13)12(3)4/h5,8,11-12H,6-7,9-10H2,1-4H3,(H2,15,19). The topological polar surface area (TPSA) is 47.1 Å². The Labute approximate surface area is 122 Å². The summed E-state index contributed by atoms with van der Waals surface area (Å²) in [5, 5.41) is 4.59. The van der Waals surface area contributed by atoms with Crippen molar-refractivity contribution in [2.45, 2.75) is 46.7 Å². The normalized spacial score (nSPS) is 11.7. The van der Waals surface area contributed by atoms with Gasteiger partial charge >= 0.3 is 0 Å². The van der Waals surface area contributed by atoms with E-state index in [0.29, 0.717) is 16.9 Å². The SMILES string of the molecule is CC(C)CN(CCC(N)=S)Cc1ccn(C(C)C)n1. The Balaban J connectivity index is 2.61. The van der Waals surface area contributed by atoms with Crippen molar-refractivity contribution >= 4 is 17.2 Å². The highest BCUT2D eigenvalue weighted by Crippen LogP contribution is 2.09. The van der Waals surface area contributed by atoms with Crippen LogP contribution in [0, 0.1) is 5.92 Å². The van der Waals surface area contributed by atoms with Gasteiger partial charge in [-0.25, -0.2) is 0 Å². The Kier molecular flexibility index (Phi) is 6.45. The van der Waals surface area contributed by atoms with Crippen LogP contribution in [-0.4, -0.2) is 32.8 Å². The van der Waals surface area contributed by atoms with Gasteiger partial charge in [0, 0.05) is 38.3 Å². The molecule has 2 N–H and O–H groups in total. The smallest absolute Gasteiger partial charge is 0.0764 e. The molecule has 4 nitrogen and oxygen atoms in total. The molecule has 1 rings (SSSR count). The van der Waals surface area contributed by atoms with Crippen LogP contribution in [0.4, 0.5) is 0 Å². The molecule has 1 aromatic heterocycles. The van der Waals surface area contributed by atoms with E-state index >= 15 is 0 Å². The summed E-state index contributed by atoms with van der Waals surface area (Å²) in [5.41, 5.74) is 6.70. The average molecular weight is 282 g/mol. The van der Waals surface area contributed by atoms with Gasteiger partial charge < -0.3 is 5.73 Å². The summed E-state index contributed by atoms with van der Waals surface area (Å²) in [4.78, 5) is 2.96. The molecule has 0 saturated heterocycles. The quantitative estimate of drug-likeness (QED) is 0.745. The predicted octanol–water partition coefficient (Wildman–Crippen LogP) is 2.60. The molecule has 0 saturated carbocycles. The number of hydrogen-bond donors (Lipinski definition) is 1. The van der Waals surface area contributed by atoms with E-state index in [0.717, 1.165) is 31.7 Å². The summed E-state index contributed by atoms with van der Waals surface area (Å²) in [6.07, 6.45) is 2.81. The van der Waals surface area contributed by atoms with Crippen LogP contribution >= 0.6 is 12.2 Å². The Morgan fingerprint density at radius 2 is 2.11 bits per heavy atom. The lowest BCUT2D eigenvalue weighted by molar-refractivity contribution is 0.239. The number of thiocarbonyl (C=S) groups is 1. The molecule has 0 atom stereocenters. The maximum Gasteiger partial charge on any atom is 0.0764 e. The van der Waals surface area contributed by atoms with E-state index in [-0.39, 0.29) is 0 Å². The molecule has 5 heteroatoms.